The Balaban J connectivity index is 1.88. The van der Waals surface area contributed by atoms with Gasteiger partial charge in [0.25, 0.3) is 5.56 Å². The number of hydrogen-bond acceptors (Lipinski definition) is 6. The fourth-order valence-electron chi connectivity index (χ4n) is 2.41. The van der Waals surface area contributed by atoms with E-state index in [2.05, 4.69) is 15.0 Å². The number of nitrogens with one attached hydrogen (secondary N) is 1. The summed E-state index contributed by atoms with van der Waals surface area (Å²) in [5, 5.41) is 0. The van der Waals surface area contributed by atoms with Crippen molar-refractivity contribution in [3.05, 3.63) is 16.7 Å². The van der Waals surface area contributed by atoms with Crippen molar-refractivity contribution in [2.75, 3.05) is 5.73 Å². The average Bonchev–Trinajstić information content (AvgIpc) is 2.95. The van der Waals surface area contributed by atoms with Crippen molar-refractivity contribution in [3.63, 3.8) is 0 Å². The lowest BCUT2D eigenvalue weighted by Gasteiger charge is -2.13. The summed E-state index contributed by atoms with van der Waals surface area (Å²) in [7, 11) is -4.28. The molecule has 3 atom stereocenters. The minimum atomic E-state index is -4.28. The molecule has 22 heavy (non-hydrogen) atoms. The lowest BCUT2D eigenvalue weighted by molar-refractivity contribution is 0.121. The van der Waals surface area contributed by atoms with Crippen LogP contribution in [-0.4, -0.2) is 39.3 Å². The van der Waals surface area contributed by atoms with Crippen LogP contribution in [0.2, 0.25) is 0 Å². The van der Waals surface area contributed by atoms with Gasteiger partial charge in [-0.2, -0.15) is 4.98 Å². The van der Waals surface area contributed by atoms with Crippen molar-refractivity contribution >= 4 is 47.3 Å². The number of aromatic amines is 1. The Morgan fingerprint density at radius 1 is 1.59 bits per heavy atom. The van der Waals surface area contributed by atoms with Gasteiger partial charge in [0.15, 0.2) is 17.0 Å². The van der Waals surface area contributed by atoms with Crippen LogP contribution in [0.25, 0.3) is 11.2 Å². The largest absolute Gasteiger partial charge is 0.369 e. The van der Waals surface area contributed by atoms with Gasteiger partial charge in [0.2, 0.25) is 5.95 Å². The van der Waals surface area contributed by atoms with Crippen LogP contribution >= 0.6 is 30.2 Å². The molecule has 0 saturated carbocycles. The Kier molecular flexibility index (Phi) is 4.01. The van der Waals surface area contributed by atoms with Crippen LogP contribution in [0.1, 0.15) is 6.42 Å². The van der Waals surface area contributed by atoms with E-state index >= 15 is 0 Å². The molecule has 0 amide bonds. The number of imidazole rings is 1. The molecule has 1 aliphatic heterocycles. The highest BCUT2D eigenvalue weighted by atomic mass is 127. The van der Waals surface area contributed by atoms with Gasteiger partial charge in [-0.1, -0.05) is 22.6 Å². The van der Waals surface area contributed by atoms with Gasteiger partial charge < -0.3 is 24.8 Å². The molecule has 120 valence electrons. The molecule has 1 fully saturated rings. The third-order valence-electron chi connectivity index (χ3n) is 3.46. The SMILES string of the molecule is Nc1nc2c(ncn2C[C@@H]2C[C@@H](P(=O)(O)O)O[C@@H]2I)c(=O)[nH]1. The summed E-state index contributed by atoms with van der Waals surface area (Å²) in [5.41, 5.74) is 5.61. The lowest BCUT2D eigenvalue weighted by atomic mass is 10.1. The van der Waals surface area contributed by atoms with Crippen molar-refractivity contribution < 1.29 is 19.1 Å². The van der Waals surface area contributed by atoms with Crippen LogP contribution in [0.4, 0.5) is 5.95 Å². The van der Waals surface area contributed by atoms with Crippen LogP contribution in [0.5, 0.6) is 0 Å². The van der Waals surface area contributed by atoms with Crippen molar-refractivity contribution in [2.24, 2.45) is 5.92 Å². The van der Waals surface area contributed by atoms with Gasteiger partial charge in [-0.05, 0) is 6.42 Å². The zero-order valence-electron chi connectivity index (χ0n) is 11.1. The number of hydrogen-bond donors (Lipinski definition) is 4. The van der Waals surface area contributed by atoms with Gasteiger partial charge in [0.05, 0.1) is 6.33 Å². The molecule has 10 nitrogen and oxygen atoms in total. The Labute approximate surface area is 137 Å². The number of ether oxygens (including phenoxy) is 1. The van der Waals surface area contributed by atoms with Gasteiger partial charge in [0.1, 0.15) is 4.11 Å². The predicted molar refractivity (Wildman–Crippen MR) is 85.4 cm³/mol. The number of nitrogens with two attached hydrogens (primary N) is 1. The van der Waals surface area contributed by atoms with Gasteiger partial charge >= 0.3 is 7.60 Å². The van der Waals surface area contributed by atoms with Crippen molar-refractivity contribution in [3.8, 4) is 0 Å². The second-order valence-corrected chi connectivity index (χ2v) is 8.03. The smallest absolute Gasteiger partial charge is 0.354 e. The number of aromatic nitrogens is 4. The summed E-state index contributed by atoms with van der Waals surface area (Å²) < 4.78 is 17.9. The molecule has 0 bridgehead atoms. The monoisotopic (exact) mass is 441 g/mol. The van der Waals surface area contributed by atoms with E-state index in [0.29, 0.717) is 12.2 Å². The molecule has 0 spiro atoms. The van der Waals surface area contributed by atoms with Crippen LogP contribution < -0.4 is 11.3 Å². The minimum Gasteiger partial charge on any atom is -0.369 e. The van der Waals surface area contributed by atoms with Crippen LogP contribution in [0.3, 0.4) is 0 Å². The highest BCUT2D eigenvalue weighted by Gasteiger charge is 2.42. The van der Waals surface area contributed by atoms with E-state index in [0.717, 1.165) is 0 Å². The third-order valence-corrected chi connectivity index (χ3v) is 5.86. The number of nitrogen functional groups attached to an aromatic ring is 1. The number of fused-ring (bicyclic) bond motifs is 1. The first-order valence-corrected chi connectivity index (χ1v) is 9.24. The van der Waals surface area contributed by atoms with E-state index in [1.165, 1.54) is 6.33 Å². The molecule has 0 radical (unpaired) electrons. The number of halogens is 1. The normalized spacial score (nSPS) is 25.9. The summed E-state index contributed by atoms with van der Waals surface area (Å²) in [6.07, 6.45) is 1.68. The topological polar surface area (TPSA) is 156 Å². The lowest BCUT2D eigenvalue weighted by Crippen LogP contribution is -2.17. The molecule has 1 saturated heterocycles. The molecule has 5 N–H and O–H groups in total. The highest BCUT2D eigenvalue weighted by molar-refractivity contribution is 14.1. The summed E-state index contributed by atoms with van der Waals surface area (Å²) >= 11 is 2.00. The van der Waals surface area contributed by atoms with Gasteiger partial charge in [-0.3, -0.25) is 14.3 Å². The predicted octanol–water partition coefficient (Wildman–Crippen LogP) is 0.00320. The molecule has 2 aromatic heterocycles. The maximum atomic E-state index is 11.7. The van der Waals surface area contributed by atoms with Gasteiger partial charge in [-0.15, -0.1) is 0 Å². The molecule has 1 aliphatic rings. The van der Waals surface area contributed by atoms with Crippen LogP contribution in [-0.2, 0) is 15.8 Å². The zero-order chi connectivity index (χ0) is 16.1. The Morgan fingerprint density at radius 2 is 2.32 bits per heavy atom. The minimum absolute atomic E-state index is 0.0129. The third kappa shape index (κ3) is 2.91. The molecule has 3 heterocycles. The van der Waals surface area contributed by atoms with E-state index in [4.69, 9.17) is 10.5 Å². The Hall–Kier alpha value is -1.01. The van der Waals surface area contributed by atoms with Crippen LogP contribution in [0, 0.1) is 5.92 Å². The maximum Gasteiger partial charge on any atom is 0.354 e. The van der Waals surface area contributed by atoms with E-state index < -0.39 is 19.0 Å². The molecular formula is C10H13IN5O5P. The quantitative estimate of drug-likeness (QED) is 0.295. The van der Waals surface area contributed by atoms with E-state index in [1.54, 1.807) is 4.57 Å². The maximum absolute atomic E-state index is 11.7. The highest BCUT2D eigenvalue weighted by Crippen LogP contribution is 2.51. The molecule has 0 unspecified atom stereocenters. The average molecular weight is 441 g/mol. The second-order valence-electron chi connectivity index (χ2n) is 5.05. The zero-order valence-corrected chi connectivity index (χ0v) is 14.1. The fraction of sp³-hybridized carbons (Fsp3) is 0.500. The number of rotatable bonds is 3. The van der Waals surface area contributed by atoms with Gasteiger partial charge in [-0.25, -0.2) is 4.98 Å². The van der Waals surface area contributed by atoms with E-state index in [9.17, 15) is 19.1 Å². The number of anilines is 1. The Bertz CT molecular complexity index is 816. The van der Waals surface area contributed by atoms with Crippen molar-refractivity contribution in [1.29, 1.82) is 0 Å². The number of nitrogens with zero attached hydrogens (tertiary/aromatic N) is 3. The summed E-state index contributed by atoms with van der Waals surface area (Å²) in [6.45, 7) is 0.372. The summed E-state index contributed by atoms with van der Waals surface area (Å²) in [4.78, 5) is 40.6. The molecule has 0 aromatic carbocycles. The van der Waals surface area contributed by atoms with Gasteiger partial charge in [0, 0.05) is 12.5 Å². The first-order chi connectivity index (χ1) is 10.3. The molecule has 3 rings (SSSR count). The molecule has 2 aromatic rings. The Morgan fingerprint density at radius 3 is 2.95 bits per heavy atom. The summed E-state index contributed by atoms with van der Waals surface area (Å²) in [6, 6.07) is 0. The number of alkyl halides is 1. The molecule has 0 aliphatic carbocycles. The first kappa shape index (κ1) is 15.9. The standard InChI is InChI=1S/C10H13IN5O5P/c11-7-4(1-5(21-7)22(18,19)20)2-16-3-13-6-8(16)14-10(12)15-9(6)17/h3-5,7H,1-2H2,(H2,18,19,20)(H3,12,14,15,17)/t4-,5+,7-/m0/s1. The molecular weight excluding hydrogens is 428 g/mol. The molecule has 12 heteroatoms. The van der Waals surface area contributed by atoms with E-state index in [1.807, 2.05) is 22.6 Å². The van der Waals surface area contributed by atoms with Crippen LogP contribution in [0.15, 0.2) is 11.1 Å². The van der Waals surface area contributed by atoms with Crippen molar-refractivity contribution in [2.45, 2.75) is 22.9 Å². The second kappa shape index (κ2) is 5.57. The summed E-state index contributed by atoms with van der Waals surface area (Å²) in [5.74, 6) is -1.26. The van der Waals surface area contributed by atoms with Crippen molar-refractivity contribution in [1.82, 2.24) is 19.5 Å². The number of H-pyrrole nitrogens is 1. The first-order valence-electron chi connectivity index (χ1n) is 6.31. The fourth-order valence-corrected chi connectivity index (χ4v) is 4.36. The van der Waals surface area contributed by atoms with E-state index in [-0.39, 0.29) is 27.9 Å².